The third kappa shape index (κ3) is 0.835. The first kappa shape index (κ1) is 5.65. The zero-order valence-electron chi connectivity index (χ0n) is 5.66. The largest absolute Gasteiger partial charge is 0.478 e. The molecule has 3 nitrogen and oxygen atoms in total. The van der Waals surface area contributed by atoms with E-state index in [0.717, 1.165) is 13.1 Å². The average Bonchev–Trinajstić information content (AvgIpc) is 2.59. The highest BCUT2D eigenvalue weighted by atomic mass is 16.5. The number of nitrogens with one attached hydrogen (secondary N) is 1. The summed E-state index contributed by atoms with van der Waals surface area (Å²) in [5.74, 6) is 0. The van der Waals surface area contributed by atoms with Gasteiger partial charge in [-0.05, 0) is 6.08 Å². The Morgan fingerprint density at radius 3 is 3.20 bits per heavy atom. The predicted octanol–water partition coefficient (Wildman–Crippen LogP) is 0.580. The molecular formula is C7H10N2O. The monoisotopic (exact) mass is 138 g/mol. The molecular weight excluding hydrogens is 128 g/mol. The van der Waals surface area contributed by atoms with E-state index in [4.69, 9.17) is 4.74 Å². The summed E-state index contributed by atoms with van der Waals surface area (Å²) in [7, 11) is 0. The summed E-state index contributed by atoms with van der Waals surface area (Å²) in [5, 5.41) is 3.09. The lowest BCUT2D eigenvalue weighted by Crippen LogP contribution is -2.31. The molecule has 0 aromatic rings. The smallest absolute Gasteiger partial charge is 0.176 e. The van der Waals surface area contributed by atoms with Crippen LogP contribution in [0, 0.1) is 0 Å². The maximum absolute atomic E-state index is 5.29. The minimum Gasteiger partial charge on any atom is -0.478 e. The SMILES string of the molecule is C1=COC(N2C=CNC2)C1. The fraction of sp³-hybridized carbons (Fsp3) is 0.429. The van der Waals surface area contributed by atoms with Crippen LogP contribution < -0.4 is 5.32 Å². The van der Waals surface area contributed by atoms with E-state index in [1.807, 2.05) is 18.5 Å². The van der Waals surface area contributed by atoms with Crippen molar-refractivity contribution in [3.63, 3.8) is 0 Å². The second kappa shape index (κ2) is 2.25. The van der Waals surface area contributed by atoms with E-state index in [2.05, 4.69) is 10.2 Å². The molecule has 1 atom stereocenters. The van der Waals surface area contributed by atoms with Crippen LogP contribution in [0.25, 0.3) is 0 Å². The van der Waals surface area contributed by atoms with Gasteiger partial charge in [0.15, 0.2) is 6.23 Å². The van der Waals surface area contributed by atoms with Crippen LogP contribution in [0.3, 0.4) is 0 Å². The van der Waals surface area contributed by atoms with Crippen LogP contribution in [0.1, 0.15) is 6.42 Å². The number of hydrogen-bond acceptors (Lipinski definition) is 3. The molecule has 0 saturated carbocycles. The fourth-order valence-corrected chi connectivity index (χ4v) is 1.14. The first-order chi connectivity index (χ1) is 4.97. The Bertz CT molecular complexity index is 168. The third-order valence-corrected chi connectivity index (χ3v) is 1.70. The van der Waals surface area contributed by atoms with Crippen LogP contribution in [0.4, 0.5) is 0 Å². The van der Waals surface area contributed by atoms with E-state index in [0.29, 0.717) is 0 Å². The molecule has 0 aromatic heterocycles. The molecule has 0 bridgehead atoms. The van der Waals surface area contributed by atoms with Crippen LogP contribution in [0.5, 0.6) is 0 Å². The van der Waals surface area contributed by atoms with Gasteiger partial charge < -0.3 is 15.0 Å². The maximum atomic E-state index is 5.29. The molecule has 10 heavy (non-hydrogen) atoms. The highest BCUT2D eigenvalue weighted by molar-refractivity contribution is 4.94. The van der Waals surface area contributed by atoms with Crippen LogP contribution in [-0.4, -0.2) is 17.8 Å². The highest BCUT2D eigenvalue weighted by Gasteiger charge is 2.18. The summed E-state index contributed by atoms with van der Waals surface area (Å²) in [4.78, 5) is 2.12. The van der Waals surface area contributed by atoms with Crippen LogP contribution in [0.15, 0.2) is 24.7 Å². The summed E-state index contributed by atoms with van der Waals surface area (Å²) in [5.41, 5.74) is 0. The molecule has 3 heteroatoms. The first-order valence-electron chi connectivity index (χ1n) is 3.43. The molecule has 0 aromatic carbocycles. The van der Waals surface area contributed by atoms with Gasteiger partial charge in [-0.25, -0.2) is 0 Å². The van der Waals surface area contributed by atoms with Crippen molar-refractivity contribution < 1.29 is 4.74 Å². The normalized spacial score (nSPS) is 28.8. The molecule has 0 saturated heterocycles. The van der Waals surface area contributed by atoms with Gasteiger partial charge in [-0.1, -0.05) is 0 Å². The standard InChI is InChI=1S/C7H10N2O/c1-2-7(10-5-1)9-4-3-8-6-9/h1,3-5,7-8H,2,6H2. The lowest BCUT2D eigenvalue weighted by atomic mass is 10.4. The molecule has 0 amide bonds. The van der Waals surface area contributed by atoms with Gasteiger partial charge in [0, 0.05) is 18.8 Å². The average molecular weight is 138 g/mol. The zero-order valence-corrected chi connectivity index (χ0v) is 5.66. The van der Waals surface area contributed by atoms with Gasteiger partial charge >= 0.3 is 0 Å². The van der Waals surface area contributed by atoms with Crippen LogP contribution >= 0.6 is 0 Å². The lowest BCUT2D eigenvalue weighted by molar-refractivity contribution is 0.0455. The highest BCUT2D eigenvalue weighted by Crippen LogP contribution is 2.14. The molecule has 2 aliphatic heterocycles. The van der Waals surface area contributed by atoms with E-state index in [1.165, 1.54) is 0 Å². The first-order valence-corrected chi connectivity index (χ1v) is 3.43. The molecule has 2 aliphatic rings. The molecule has 54 valence electrons. The Morgan fingerprint density at radius 2 is 2.60 bits per heavy atom. The fourth-order valence-electron chi connectivity index (χ4n) is 1.14. The topological polar surface area (TPSA) is 24.5 Å². The Labute approximate surface area is 60.0 Å². The number of hydrogen-bond donors (Lipinski definition) is 1. The molecule has 1 unspecified atom stereocenters. The van der Waals surface area contributed by atoms with Crippen molar-refractivity contribution in [2.45, 2.75) is 12.6 Å². The Balaban J connectivity index is 1.93. The van der Waals surface area contributed by atoms with Crippen molar-refractivity contribution in [2.75, 3.05) is 6.67 Å². The van der Waals surface area contributed by atoms with Crippen molar-refractivity contribution in [1.82, 2.24) is 10.2 Å². The van der Waals surface area contributed by atoms with Crippen molar-refractivity contribution in [3.05, 3.63) is 24.7 Å². The van der Waals surface area contributed by atoms with Gasteiger partial charge in [0.2, 0.25) is 0 Å². The second-order valence-corrected chi connectivity index (χ2v) is 2.39. The Hall–Kier alpha value is -1.12. The molecule has 0 fully saturated rings. The van der Waals surface area contributed by atoms with Crippen molar-refractivity contribution in [3.8, 4) is 0 Å². The maximum Gasteiger partial charge on any atom is 0.176 e. The molecule has 1 N–H and O–H groups in total. The Morgan fingerprint density at radius 1 is 1.60 bits per heavy atom. The van der Waals surface area contributed by atoms with Crippen LogP contribution in [-0.2, 0) is 4.74 Å². The predicted molar refractivity (Wildman–Crippen MR) is 37.6 cm³/mol. The van der Waals surface area contributed by atoms with E-state index >= 15 is 0 Å². The van der Waals surface area contributed by atoms with Crippen molar-refractivity contribution in [1.29, 1.82) is 0 Å². The minimum atomic E-state index is 0.228. The number of rotatable bonds is 1. The molecule has 2 heterocycles. The summed E-state index contributed by atoms with van der Waals surface area (Å²) in [6, 6.07) is 0. The van der Waals surface area contributed by atoms with E-state index in [1.54, 1.807) is 6.26 Å². The quantitative estimate of drug-likeness (QED) is 0.573. The second-order valence-electron chi connectivity index (χ2n) is 2.39. The van der Waals surface area contributed by atoms with Crippen LogP contribution in [0.2, 0.25) is 0 Å². The zero-order chi connectivity index (χ0) is 6.81. The van der Waals surface area contributed by atoms with Gasteiger partial charge in [-0.2, -0.15) is 0 Å². The van der Waals surface area contributed by atoms with Gasteiger partial charge in [0.05, 0.1) is 12.9 Å². The minimum absolute atomic E-state index is 0.228. The van der Waals surface area contributed by atoms with E-state index < -0.39 is 0 Å². The molecule has 0 spiro atoms. The lowest BCUT2D eigenvalue weighted by Gasteiger charge is -2.21. The van der Waals surface area contributed by atoms with Gasteiger partial charge in [0.1, 0.15) is 0 Å². The summed E-state index contributed by atoms with van der Waals surface area (Å²) >= 11 is 0. The third-order valence-electron chi connectivity index (χ3n) is 1.70. The molecule has 0 aliphatic carbocycles. The van der Waals surface area contributed by atoms with Crippen molar-refractivity contribution >= 4 is 0 Å². The van der Waals surface area contributed by atoms with Gasteiger partial charge in [-0.3, -0.25) is 0 Å². The molecule has 2 rings (SSSR count). The van der Waals surface area contributed by atoms with Crippen molar-refractivity contribution in [2.24, 2.45) is 0 Å². The van der Waals surface area contributed by atoms with E-state index in [-0.39, 0.29) is 6.23 Å². The van der Waals surface area contributed by atoms with Gasteiger partial charge in [0.25, 0.3) is 0 Å². The Kier molecular flexibility index (Phi) is 1.27. The number of nitrogens with zero attached hydrogens (tertiary/aromatic N) is 1. The van der Waals surface area contributed by atoms with Gasteiger partial charge in [-0.15, -0.1) is 0 Å². The summed E-state index contributed by atoms with van der Waals surface area (Å²) in [6.07, 6.45) is 8.96. The number of ether oxygens (including phenoxy) is 1. The van der Waals surface area contributed by atoms with E-state index in [9.17, 15) is 0 Å². The molecule has 0 radical (unpaired) electrons. The summed E-state index contributed by atoms with van der Waals surface area (Å²) in [6.45, 7) is 0.867. The summed E-state index contributed by atoms with van der Waals surface area (Å²) < 4.78 is 5.29.